The molecule has 2 heteroatoms. The fourth-order valence-electron chi connectivity index (χ4n) is 1.88. The van der Waals surface area contributed by atoms with Gasteiger partial charge in [0.15, 0.2) is 0 Å². The van der Waals surface area contributed by atoms with E-state index in [2.05, 4.69) is 19.9 Å². The summed E-state index contributed by atoms with van der Waals surface area (Å²) in [5.41, 5.74) is 1.80. The van der Waals surface area contributed by atoms with Crippen molar-refractivity contribution in [1.29, 1.82) is 0 Å². The second-order valence-electron chi connectivity index (χ2n) is 4.43. The van der Waals surface area contributed by atoms with Crippen LogP contribution in [0.5, 0.6) is 0 Å². The molecule has 0 N–H and O–H groups in total. The summed E-state index contributed by atoms with van der Waals surface area (Å²) >= 11 is 5.46. The minimum atomic E-state index is -0.372. The molecule has 0 aliphatic carbocycles. The molecule has 0 heterocycles. The fraction of sp³-hybridized carbons (Fsp3) is 0.500. The van der Waals surface area contributed by atoms with Gasteiger partial charge in [0.1, 0.15) is 0 Å². The van der Waals surface area contributed by atoms with Gasteiger partial charge in [-0.3, -0.25) is 4.79 Å². The maximum atomic E-state index is 11.0. The smallest absolute Gasteiger partial charge is 0.252 e. The zero-order valence-electron chi connectivity index (χ0n) is 10.0. The molecule has 1 aromatic rings. The van der Waals surface area contributed by atoms with Crippen molar-refractivity contribution < 1.29 is 4.79 Å². The molecule has 0 fully saturated rings. The molecular weight excluding hydrogens is 220 g/mol. The molecule has 0 saturated heterocycles. The van der Waals surface area contributed by atoms with Crippen LogP contribution >= 0.6 is 11.6 Å². The average molecular weight is 239 g/mol. The lowest BCUT2D eigenvalue weighted by Crippen LogP contribution is -2.00. The Labute approximate surface area is 103 Å². The summed E-state index contributed by atoms with van der Waals surface area (Å²) in [6.45, 7) is 4.46. The van der Waals surface area contributed by atoms with Crippen LogP contribution in [0.1, 0.15) is 49.0 Å². The minimum Gasteiger partial charge on any atom is -0.276 e. The van der Waals surface area contributed by atoms with Gasteiger partial charge >= 0.3 is 0 Å². The van der Waals surface area contributed by atoms with Gasteiger partial charge in [-0.15, -0.1) is 0 Å². The second kappa shape index (κ2) is 6.70. The second-order valence-corrected chi connectivity index (χ2v) is 4.77. The fourth-order valence-corrected chi connectivity index (χ4v) is 2.00. The summed E-state index contributed by atoms with van der Waals surface area (Å²) < 4.78 is 0. The lowest BCUT2D eigenvalue weighted by atomic mass is 9.95. The molecule has 16 heavy (non-hydrogen) atoms. The third kappa shape index (κ3) is 4.36. The Bertz CT molecular complexity index is 346. The third-order valence-electron chi connectivity index (χ3n) is 2.79. The standard InChI is InChI=1S/C14H19ClO/c1-3-4-6-11(2)9-12-7-5-8-13(10-12)14(15)16/h5,7-8,10-11H,3-4,6,9H2,1-2H3. The lowest BCUT2D eigenvalue weighted by molar-refractivity contribution is 0.108. The number of rotatable bonds is 6. The van der Waals surface area contributed by atoms with Crippen LogP contribution in [0.15, 0.2) is 24.3 Å². The average Bonchev–Trinajstić information content (AvgIpc) is 2.26. The van der Waals surface area contributed by atoms with Crippen LogP contribution in [0.2, 0.25) is 0 Å². The van der Waals surface area contributed by atoms with E-state index in [1.54, 1.807) is 6.07 Å². The monoisotopic (exact) mass is 238 g/mol. The number of hydrogen-bond donors (Lipinski definition) is 0. The van der Waals surface area contributed by atoms with Gasteiger partial charge in [0.25, 0.3) is 5.24 Å². The Hall–Kier alpha value is -0.820. The summed E-state index contributed by atoms with van der Waals surface area (Å²) in [7, 11) is 0. The first-order chi connectivity index (χ1) is 7.63. The largest absolute Gasteiger partial charge is 0.276 e. The first-order valence-corrected chi connectivity index (χ1v) is 6.30. The molecule has 0 radical (unpaired) electrons. The minimum absolute atomic E-state index is 0.372. The van der Waals surface area contributed by atoms with Gasteiger partial charge in [0, 0.05) is 5.56 Å². The van der Waals surface area contributed by atoms with Crippen LogP contribution in [0.4, 0.5) is 0 Å². The van der Waals surface area contributed by atoms with E-state index in [4.69, 9.17) is 11.6 Å². The number of unbranched alkanes of at least 4 members (excludes halogenated alkanes) is 1. The summed E-state index contributed by atoms with van der Waals surface area (Å²) in [6.07, 6.45) is 4.79. The highest BCUT2D eigenvalue weighted by Crippen LogP contribution is 2.16. The Morgan fingerprint density at radius 1 is 1.44 bits per heavy atom. The molecule has 0 amide bonds. The van der Waals surface area contributed by atoms with E-state index in [0.29, 0.717) is 11.5 Å². The Morgan fingerprint density at radius 2 is 2.19 bits per heavy atom. The van der Waals surface area contributed by atoms with Crippen LogP contribution in [-0.2, 0) is 6.42 Å². The highest BCUT2D eigenvalue weighted by Gasteiger charge is 2.06. The molecule has 1 rings (SSSR count). The maximum Gasteiger partial charge on any atom is 0.252 e. The van der Waals surface area contributed by atoms with Crippen LogP contribution in [0, 0.1) is 5.92 Å². The summed E-state index contributed by atoms with van der Waals surface area (Å²) in [5.74, 6) is 0.667. The normalized spacial score (nSPS) is 12.4. The van der Waals surface area contributed by atoms with Crippen LogP contribution < -0.4 is 0 Å². The number of carbonyl (C=O) groups is 1. The number of benzene rings is 1. The van der Waals surface area contributed by atoms with Gasteiger partial charge in [-0.25, -0.2) is 0 Å². The maximum absolute atomic E-state index is 11.0. The quantitative estimate of drug-likeness (QED) is 0.670. The zero-order valence-corrected chi connectivity index (χ0v) is 10.8. The predicted octanol–water partition coefficient (Wildman–Crippen LogP) is 4.43. The number of hydrogen-bond acceptors (Lipinski definition) is 1. The van der Waals surface area contributed by atoms with Crippen molar-refractivity contribution in [3.05, 3.63) is 35.4 Å². The van der Waals surface area contributed by atoms with Crippen molar-refractivity contribution in [3.8, 4) is 0 Å². The van der Waals surface area contributed by atoms with Gasteiger partial charge in [-0.1, -0.05) is 51.3 Å². The van der Waals surface area contributed by atoms with Crippen molar-refractivity contribution >= 4 is 16.8 Å². The van der Waals surface area contributed by atoms with Crippen LogP contribution in [0.25, 0.3) is 0 Å². The summed E-state index contributed by atoms with van der Waals surface area (Å²) in [5, 5.41) is -0.372. The number of carbonyl (C=O) groups excluding carboxylic acids is 1. The van der Waals surface area contributed by atoms with E-state index in [0.717, 1.165) is 6.42 Å². The molecule has 0 saturated carbocycles. The number of halogens is 1. The van der Waals surface area contributed by atoms with E-state index < -0.39 is 0 Å². The molecule has 1 unspecified atom stereocenters. The van der Waals surface area contributed by atoms with Crippen molar-refractivity contribution in [1.82, 2.24) is 0 Å². The summed E-state index contributed by atoms with van der Waals surface area (Å²) in [6, 6.07) is 7.62. The summed E-state index contributed by atoms with van der Waals surface area (Å²) in [4.78, 5) is 11.0. The van der Waals surface area contributed by atoms with E-state index in [9.17, 15) is 4.79 Å². The SMILES string of the molecule is CCCCC(C)Cc1cccc(C(=O)Cl)c1. The molecule has 0 aromatic heterocycles. The molecule has 0 aliphatic rings. The highest BCUT2D eigenvalue weighted by atomic mass is 35.5. The Kier molecular flexibility index (Phi) is 5.54. The molecular formula is C14H19ClO. The van der Waals surface area contributed by atoms with Crippen LogP contribution in [0.3, 0.4) is 0 Å². The third-order valence-corrected chi connectivity index (χ3v) is 3.01. The Morgan fingerprint density at radius 3 is 2.81 bits per heavy atom. The molecule has 0 bridgehead atoms. The predicted molar refractivity (Wildman–Crippen MR) is 69.0 cm³/mol. The van der Waals surface area contributed by atoms with E-state index in [1.165, 1.54) is 24.8 Å². The lowest BCUT2D eigenvalue weighted by Gasteiger charge is -2.11. The van der Waals surface area contributed by atoms with Gasteiger partial charge in [0.2, 0.25) is 0 Å². The molecule has 0 aliphatic heterocycles. The van der Waals surface area contributed by atoms with E-state index in [1.807, 2.05) is 12.1 Å². The Balaban J connectivity index is 2.59. The van der Waals surface area contributed by atoms with Gasteiger partial charge in [0.05, 0.1) is 0 Å². The van der Waals surface area contributed by atoms with E-state index in [-0.39, 0.29) is 5.24 Å². The van der Waals surface area contributed by atoms with Crippen molar-refractivity contribution in [2.75, 3.05) is 0 Å². The molecule has 0 spiro atoms. The van der Waals surface area contributed by atoms with Gasteiger partial charge < -0.3 is 0 Å². The van der Waals surface area contributed by atoms with Gasteiger partial charge in [-0.05, 0) is 35.6 Å². The first kappa shape index (κ1) is 13.2. The first-order valence-electron chi connectivity index (χ1n) is 5.92. The highest BCUT2D eigenvalue weighted by molar-refractivity contribution is 6.67. The van der Waals surface area contributed by atoms with Gasteiger partial charge in [-0.2, -0.15) is 0 Å². The van der Waals surface area contributed by atoms with Crippen LogP contribution in [-0.4, -0.2) is 5.24 Å². The molecule has 88 valence electrons. The van der Waals surface area contributed by atoms with E-state index >= 15 is 0 Å². The van der Waals surface area contributed by atoms with Crippen molar-refractivity contribution in [3.63, 3.8) is 0 Å². The van der Waals surface area contributed by atoms with Crippen molar-refractivity contribution in [2.45, 2.75) is 39.5 Å². The molecule has 1 aromatic carbocycles. The van der Waals surface area contributed by atoms with Crippen molar-refractivity contribution in [2.24, 2.45) is 5.92 Å². The molecule has 1 nitrogen and oxygen atoms in total. The topological polar surface area (TPSA) is 17.1 Å². The molecule has 1 atom stereocenters. The zero-order chi connectivity index (χ0) is 12.0.